The van der Waals surface area contributed by atoms with Gasteiger partial charge < -0.3 is 11.1 Å². The summed E-state index contributed by atoms with van der Waals surface area (Å²) in [4.78, 5) is 13.4. The van der Waals surface area contributed by atoms with E-state index in [0.29, 0.717) is 12.5 Å². The second-order valence-corrected chi connectivity index (χ2v) is 4.35. The predicted molar refractivity (Wildman–Crippen MR) is 72.7 cm³/mol. The second-order valence-electron chi connectivity index (χ2n) is 4.35. The van der Waals surface area contributed by atoms with Crippen molar-refractivity contribution in [2.45, 2.75) is 19.9 Å². The largest absolute Gasteiger partial charge is 0.353 e. The number of amides is 1. The molecule has 0 aliphatic heterocycles. The molecular formula is C13H25N3O. The molecule has 0 spiro atoms. The Labute approximate surface area is 105 Å². The van der Waals surface area contributed by atoms with Gasteiger partial charge in [0.1, 0.15) is 0 Å². The zero-order valence-corrected chi connectivity index (χ0v) is 11.0. The summed E-state index contributed by atoms with van der Waals surface area (Å²) in [6.07, 6.45) is 3.73. The third kappa shape index (κ3) is 6.24. The highest BCUT2D eigenvalue weighted by Gasteiger charge is 2.20. The molecule has 98 valence electrons. The minimum absolute atomic E-state index is 0.0354. The molecule has 0 aliphatic carbocycles. The van der Waals surface area contributed by atoms with E-state index in [2.05, 4.69) is 37.2 Å². The molecule has 1 atom stereocenters. The topological polar surface area (TPSA) is 58.4 Å². The van der Waals surface area contributed by atoms with E-state index in [1.807, 2.05) is 12.2 Å². The Balaban J connectivity index is 4.49. The van der Waals surface area contributed by atoms with Gasteiger partial charge in [-0.15, -0.1) is 13.2 Å². The highest BCUT2D eigenvalue weighted by atomic mass is 16.1. The second kappa shape index (κ2) is 8.96. The Kier molecular flexibility index (Phi) is 8.36. The molecule has 0 saturated carbocycles. The van der Waals surface area contributed by atoms with Crippen LogP contribution >= 0.6 is 0 Å². The number of rotatable bonds is 9. The van der Waals surface area contributed by atoms with E-state index in [1.165, 1.54) is 0 Å². The molecule has 0 bridgehead atoms. The van der Waals surface area contributed by atoms with Gasteiger partial charge in [-0.1, -0.05) is 26.0 Å². The van der Waals surface area contributed by atoms with Gasteiger partial charge in [-0.3, -0.25) is 9.69 Å². The molecule has 0 saturated heterocycles. The molecule has 3 N–H and O–H groups in total. The molecule has 17 heavy (non-hydrogen) atoms. The summed E-state index contributed by atoms with van der Waals surface area (Å²) in [6.45, 7) is 14.0. The van der Waals surface area contributed by atoms with Crippen LogP contribution in [0.25, 0.3) is 0 Å². The van der Waals surface area contributed by atoms with Gasteiger partial charge in [-0.2, -0.15) is 0 Å². The molecule has 1 amide bonds. The summed E-state index contributed by atoms with van der Waals surface area (Å²) in [5.74, 6) is 0.320. The first kappa shape index (κ1) is 15.9. The summed E-state index contributed by atoms with van der Waals surface area (Å²) < 4.78 is 0. The quantitative estimate of drug-likeness (QED) is 0.584. The Morgan fingerprint density at radius 2 is 1.88 bits per heavy atom. The van der Waals surface area contributed by atoms with E-state index in [9.17, 15) is 4.79 Å². The van der Waals surface area contributed by atoms with Gasteiger partial charge in [0, 0.05) is 25.7 Å². The highest BCUT2D eigenvalue weighted by Crippen LogP contribution is 2.10. The van der Waals surface area contributed by atoms with Gasteiger partial charge in [-0.25, -0.2) is 0 Å². The van der Waals surface area contributed by atoms with E-state index in [4.69, 9.17) is 5.73 Å². The van der Waals surface area contributed by atoms with E-state index in [-0.39, 0.29) is 18.5 Å². The fraction of sp³-hybridized carbons (Fsp3) is 0.615. The fourth-order valence-electron chi connectivity index (χ4n) is 1.75. The third-order valence-corrected chi connectivity index (χ3v) is 2.66. The van der Waals surface area contributed by atoms with Crippen molar-refractivity contribution in [2.75, 3.05) is 26.2 Å². The average molecular weight is 239 g/mol. The van der Waals surface area contributed by atoms with Crippen LogP contribution in [0.5, 0.6) is 0 Å². The molecule has 0 aliphatic rings. The molecular weight excluding hydrogens is 214 g/mol. The van der Waals surface area contributed by atoms with Crippen molar-refractivity contribution < 1.29 is 4.79 Å². The Morgan fingerprint density at radius 1 is 1.35 bits per heavy atom. The standard InChI is InChI=1S/C13H25N3O/c1-5-7-16(8-6-2)12(11(3)4)10-15-13(17)9-14/h5-6,11-12H,1-2,7-10,14H2,3-4H3,(H,15,17). The maximum absolute atomic E-state index is 11.2. The Bertz CT molecular complexity index is 241. The first-order chi connectivity index (χ1) is 8.06. The molecule has 0 aromatic heterocycles. The molecule has 4 nitrogen and oxygen atoms in total. The monoisotopic (exact) mass is 239 g/mol. The molecule has 0 aromatic carbocycles. The van der Waals surface area contributed by atoms with Gasteiger partial charge in [0.2, 0.25) is 5.91 Å². The summed E-state index contributed by atoms with van der Waals surface area (Å²) in [7, 11) is 0. The van der Waals surface area contributed by atoms with Crippen molar-refractivity contribution >= 4 is 5.91 Å². The van der Waals surface area contributed by atoms with Crippen molar-refractivity contribution in [3.63, 3.8) is 0 Å². The van der Waals surface area contributed by atoms with Crippen LogP contribution in [0, 0.1) is 5.92 Å². The molecule has 0 rings (SSSR count). The SMILES string of the molecule is C=CCN(CC=C)C(CNC(=O)CN)C(C)C. The molecule has 0 aromatic rings. The number of nitrogens with one attached hydrogen (secondary N) is 1. The van der Waals surface area contributed by atoms with E-state index < -0.39 is 0 Å². The van der Waals surface area contributed by atoms with Crippen LogP contribution in [0.2, 0.25) is 0 Å². The lowest BCUT2D eigenvalue weighted by Gasteiger charge is -2.33. The minimum atomic E-state index is -0.118. The van der Waals surface area contributed by atoms with Crippen molar-refractivity contribution in [2.24, 2.45) is 11.7 Å². The van der Waals surface area contributed by atoms with Gasteiger partial charge in [0.05, 0.1) is 6.54 Å². The molecule has 0 heterocycles. The lowest BCUT2D eigenvalue weighted by molar-refractivity contribution is -0.120. The summed E-state index contributed by atoms with van der Waals surface area (Å²) in [5.41, 5.74) is 5.27. The minimum Gasteiger partial charge on any atom is -0.353 e. The first-order valence-corrected chi connectivity index (χ1v) is 5.99. The maximum Gasteiger partial charge on any atom is 0.233 e. The van der Waals surface area contributed by atoms with E-state index in [1.54, 1.807) is 0 Å². The Morgan fingerprint density at radius 3 is 2.24 bits per heavy atom. The number of hydrogen-bond acceptors (Lipinski definition) is 3. The summed E-state index contributed by atoms with van der Waals surface area (Å²) in [5, 5.41) is 2.84. The zero-order valence-electron chi connectivity index (χ0n) is 11.0. The van der Waals surface area contributed by atoms with Crippen molar-refractivity contribution in [1.82, 2.24) is 10.2 Å². The normalized spacial score (nSPS) is 12.5. The molecule has 0 fully saturated rings. The van der Waals surface area contributed by atoms with Crippen LogP contribution < -0.4 is 11.1 Å². The lowest BCUT2D eigenvalue weighted by Crippen LogP contribution is -2.48. The number of nitrogens with two attached hydrogens (primary N) is 1. The van der Waals surface area contributed by atoms with Gasteiger partial charge in [0.15, 0.2) is 0 Å². The van der Waals surface area contributed by atoms with Crippen LogP contribution in [0.15, 0.2) is 25.3 Å². The predicted octanol–water partition coefficient (Wildman–Crippen LogP) is 0.760. The van der Waals surface area contributed by atoms with E-state index in [0.717, 1.165) is 13.1 Å². The van der Waals surface area contributed by atoms with Crippen molar-refractivity contribution in [3.05, 3.63) is 25.3 Å². The number of carbonyl (C=O) groups excluding carboxylic acids is 1. The molecule has 0 radical (unpaired) electrons. The van der Waals surface area contributed by atoms with Crippen LogP contribution in [0.1, 0.15) is 13.8 Å². The van der Waals surface area contributed by atoms with Crippen LogP contribution in [0.3, 0.4) is 0 Å². The number of nitrogens with zero attached hydrogens (tertiary/aromatic N) is 1. The van der Waals surface area contributed by atoms with Crippen molar-refractivity contribution in [1.29, 1.82) is 0 Å². The highest BCUT2D eigenvalue weighted by molar-refractivity contribution is 5.77. The summed E-state index contributed by atoms with van der Waals surface area (Å²) >= 11 is 0. The number of carbonyl (C=O) groups is 1. The van der Waals surface area contributed by atoms with Gasteiger partial charge >= 0.3 is 0 Å². The average Bonchev–Trinajstić information content (AvgIpc) is 2.29. The first-order valence-electron chi connectivity index (χ1n) is 5.99. The Hall–Kier alpha value is -1.13. The lowest BCUT2D eigenvalue weighted by atomic mass is 10.0. The zero-order chi connectivity index (χ0) is 13.3. The van der Waals surface area contributed by atoms with Crippen LogP contribution in [0.4, 0.5) is 0 Å². The smallest absolute Gasteiger partial charge is 0.233 e. The number of hydrogen-bond donors (Lipinski definition) is 2. The van der Waals surface area contributed by atoms with Crippen LogP contribution in [-0.2, 0) is 4.79 Å². The molecule has 1 unspecified atom stereocenters. The maximum atomic E-state index is 11.2. The van der Waals surface area contributed by atoms with Crippen molar-refractivity contribution in [3.8, 4) is 0 Å². The third-order valence-electron chi connectivity index (χ3n) is 2.66. The fourth-order valence-corrected chi connectivity index (χ4v) is 1.75. The van der Waals surface area contributed by atoms with E-state index >= 15 is 0 Å². The van der Waals surface area contributed by atoms with Crippen LogP contribution in [-0.4, -0.2) is 43.0 Å². The molecule has 4 heteroatoms. The van der Waals surface area contributed by atoms with Gasteiger partial charge in [-0.05, 0) is 5.92 Å². The summed E-state index contributed by atoms with van der Waals surface area (Å²) in [6, 6.07) is 0.265. The van der Waals surface area contributed by atoms with Gasteiger partial charge in [0.25, 0.3) is 0 Å².